The van der Waals surface area contributed by atoms with Gasteiger partial charge < -0.3 is 14.7 Å². The van der Waals surface area contributed by atoms with Gasteiger partial charge in [-0.05, 0) is 20.4 Å². The molecule has 2 atom stereocenters. The molecule has 15 heavy (non-hydrogen) atoms. The fourth-order valence-electron chi connectivity index (χ4n) is 2.06. The highest BCUT2D eigenvalue weighted by molar-refractivity contribution is 5.79. The number of carboxylic acid groups (broad SMARTS) is 1. The third-order valence-corrected chi connectivity index (χ3v) is 3.09. The topological polar surface area (TPSA) is 61.8 Å². The molecule has 0 aromatic heterocycles. The summed E-state index contributed by atoms with van der Waals surface area (Å²) in [6.45, 7) is 3.70. The second-order valence-corrected chi connectivity index (χ2v) is 4.28. The van der Waals surface area contributed by atoms with E-state index in [0.29, 0.717) is 32.2 Å². The molecule has 2 N–H and O–H groups in total. The number of aliphatic carboxylic acids is 1. The van der Waals surface area contributed by atoms with Crippen molar-refractivity contribution in [2.24, 2.45) is 0 Å². The minimum Gasteiger partial charge on any atom is -0.480 e. The highest BCUT2D eigenvalue weighted by atomic mass is 16.5. The van der Waals surface area contributed by atoms with Crippen molar-refractivity contribution >= 4 is 5.97 Å². The Morgan fingerprint density at radius 1 is 1.73 bits per heavy atom. The highest BCUT2D eigenvalue weighted by Gasteiger charge is 2.46. The first-order chi connectivity index (χ1) is 7.02. The Balaban J connectivity index is 2.61. The fourth-order valence-corrected chi connectivity index (χ4v) is 2.06. The van der Waals surface area contributed by atoms with Crippen LogP contribution in [0.15, 0.2) is 0 Å². The largest absolute Gasteiger partial charge is 0.480 e. The lowest BCUT2D eigenvalue weighted by atomic mass is 9.96. The third-order valence-electron chi connectivity index (χ3n) is 3.09. The maximum absolute atomic E-state index is 11.3. The SMILES string of the molecule is COCCNC1(C(=O)O)CC(C)N(C)C1. The number of rotatable bonds is 5. The number of likely N-dealkylation sites (tertiary alicyclic amines) is 1. The van der Waals surface area contributed by atoms with Crippen molar-refractivity contribution in [1.82, 2.24) is 10.2 Å². The molecule has 0 radical (unpaired) electrons. The third kappa shape index (κ3) is 2.68. The van der Waals surface area contributed by atoms with Crippen molar-refractivity contribution in [2.75, 3.05) is 33.9 Å². The van der Waals surface area contributed by atoms with Gasteiger partial charge in [-0.15, -0.1) is 0 Å². The van der Waals surface area contributed by atoms with Crippen molar-refractivity contribution in [3.8, 4) is 0 Å². The van der Waals surface area contributed by atoms with E-state index in [2.05, 4.69) is 10.2 Å². The van der Waals surface area contributed by atoms with Gasteiger partial charge in [0, 0.05) is 26.2 Å². The van der Waals surface area contributed by atoms with Gasteiger partial charge in [-0.2, -0.15) is 0 Å². The maximum atomic E-state index is 11.3. The molecule has 5 nitrogen and oxygen atoms in total. The molecule has 1 aliphatic heterocycles. The molecule has 1 aliphatic rings. The molecule has 0 aromatic carbocycles. The minimum absolute atomic E-state index is 0.302. The summed E-state index contributed by atoms with van der Waals surface area (Å²) in [5.74, 6) is -0.769. The summed E-state index contributed by atoms with van der Waals surface area (Å²) in [7, 11) is 3.56. The number of carbonyl (C=O) groups is 1. The number of nitrogens with zero attached hydrogens (tertiary/aromatic N) is 1. The quantitative estimate of drug-likeness (QED) is 0.622. The summed E-state index contributed by atoms with van der Waals surface area (Å²) in [6, 6.07) is 0.302. The molecule has 1 rings (SSSR count). The normalized spacial score (nSPS) is 32.1. The summed E-state index contributed by atoms with van der Waals surface area (Å²) < 4.78 is 4.91. The Hall–Kier alpha value is -0.650. The van der Waals surface area contributed by atoms with Crippen molar-refractivity contribution in [3.05, 3.63) is 0 Å². The molecule has 0 saturated carbocycles. The van der Waals surface area contributed by atoms with Crippen LogP contribution in [0.2, 0.25) is 0 Å². The second-order valence-electron chi connectivity index (χ2n) is 4.28. The van der Waals surface area contributed by atoms with E-state index >= 15 is 0 Å². The van der Waals surface area contributed by atoms with E-state index in [1.165, 1.54) is 0 Å². The molecule has 5 heteroatoms. The number of nitrogens with one attached hydrogen (secondary N) is 1. The maximum Gasteiger partial charge on any atom is 0.325 e. The van der Waals surface area contributed by atoms with Crippen LogP contribution in [0.1, 0.15) is 13.3 Å². The highest BCUT2D eigenvalue weighted by Crippen LogP contribution is 2.25. The molecule has 0 bridgehead atoms. The molecular weight excluding hydrogens is 196 g/mol. The molecule has 88 valence electrons. The van der Waals surface area contributed by atoms with Crippen LogP contribution in [-0.2, 0) is 9.53 Å². The molecule has 0 aromatic rings. The molecule has 1 heterocycles. The van der Waals surface area contributed by atoms with Crippen LogP contribution in [0.4, 0.5) is 0 Å². The van der Waals surface area contributed by atoms with E-state index in [1.54, 1.807) is 7.11 Å². The van der Waals surface area contributed by atoms with E-state index in [-0.39, 0.29) is 0 Å². The lowest BCUT2D eigenvalue weighted by Gasteiger charge is -2.25. The number of hydrogen-bond donors (Lipinski definition) is 2. The van der Waals surface area contributed by atoms with Gasteiger partial charge in [-0.25, -0.2) is 0 Å². The summed E-state index contributed by atoms with van der Waals surface area (Å²) in [5, 5.41) is 12.4. The number of methoxy groups -OCH3 is 1. The summed E-state index contributed by atoms with van der Waals surface area (Å²) in [4.78, 5) is 13.3. The van der Waals surface area contributed by atoms with Crippen molar-refractivity contribution < 1.29 is 14.6 Å². The number of likely N-dealkylation sites (N-methyl/N-ethyl adjacent to an activating group) is 1. The smallest absolute Gasteiger partial charge is 0.325 e. The van der Waals surface area contributed by atoms with E-state index < -0.39 is 11.5 Å². The molecule has 1 fully saturated rings. The van der Waals surface area contributed by atoms with Gasteiger partial charge in [0.25, 0.3) is 0 Å². The van der Waals surface area contributed by atoms with Crippen molar-refractivity contribution in [3.63, 3.8) is 0 Å². The predicted octanol–water partition coefficient (Wildman–Crippen LogP) is -0.230. The van der Waals surface area contributed by atoms with Crippen LogP contribution >= 0.6 is 0 Å². The van der Waals surface area contributed by atoms with Crippen LogP contribution < -0.4 is 5.32 Å². The molecule has 2 unspecified atom stereocenters. The average Bonchev–Trinajstić information content (AvgIpc) is 2.44. The molecular formula is C10H20N2O3. The number of ether oxygens (including phenoxy) is 1. The summed E-state index contributed by atoms with van der Waals surface area (Å²) in [6.07, 6.45) is 0.641. The van der Waals surface area contributed by atoms with E-state index in [1.807, 2.05) is 14.0 Å². The van der Waals surface area contributed by atoms with Crippen molar-refractivity contribution in [2.45, 2.75) is 24.9 Å². The van der Waals surface area contributed by atoms with Crippen molar-refractivity contribution in [1.29, 1.82) is 0 Å². The molecule has 0 amide bonds. The lowest BCUT2D eigenvalue weighted by Crippen LogP contribution is -2.54. The zero-order valence-electron chi connectivity index (χ0n) is 9.62. The van der Waals surface area contributed by atoms with Gasteiger partial charge in [0.15, 0.2) is 0 Å². The van der Waals surface area contributed by atoms with Gasteiger partial charge in [-0.3, -0.25) is 10.1 Å². The average molecular weight is 216 g/mol. The van der Waals surface area contributed by atoms with Gasteiger partial charge in [0.1, 0.15) is 5.54 Å². The van der Waals surface area contributed by atoms with Crippen LogP contribution in [-0.4, -0.2) is 61.4 Å². The zero-order chi connectivity index (χ0) is 11.5. The van der Waals surface area contributed by atoms with E-state index in [4.69, 9.17) is 4.74 Å². The second kappa shape index (κ2) is 4.92. The standard InChI is InChI=1S/C10H20N2O3/c1-8-6-10(9(13)14,7-12(8)2)11-4-5-15-3/h8,11H,4-7H2,1-3H3,(H,13,14). The fraction of sp³-hybridized carbons (Fsp3) is 0.900. The summed E-state index contributed by atoms with van der Waals surface area (Å²) >= 11 is 0. The Labute approximate surface area is 90.4 Å². The Morgan fingerprint density at radius 2 is 2.40 bits per heavy atom. The number of hydrogen-bond acceptors (Lipinski definition) is 4. The zero-order valence-corrected chi connectivity index (χ0v) is 9.62. The van der Waals surface area contributed by atoms with E-state index in [0.717, 1.165) is 0 Å². The first-order valence-corrected chi connectivity index (χ1v) is 5.19. The monoisotopic (exact) mass is 216 g/mol. The van der Waals surface area contributed by atoms with Crippen LogP contribution in [0.5, 0.6) is 0 Å². The van der Waals surface area contributed by atoms with E-state index in [9.17, 15) is 9.90 Å². The number of carboxylic acids is 1. The van der Waals surface area contributed by atoms with Crippen LogP contribution in [0.25, 0.3) is 0 Å². The Bertz CT molecular complexity index is 223. The van der Waals surface area contributed by atoms with Gasteiger partial charge in [-0.1, -0.05) is 0 Å². The molecule has 0 spiro atoms. The summed E-state index contributed by atoms with van der Waals surface area (Å²) in [5.41, 5.74) is -0.799. The van der Waals surface area contributed by atoms with Gasteiger partial charge >= 0.3 is 5.97 Å². The first kappa shape index (κ1) is 12.4. The van der Waals surface area contributed by atoms with Crippen LogP contribution in [0.3, 0.4) is 0 Å². The minimum atomic E-state index is -0.799. The first-order valence-electron chi connectivity index (χ1n) is 5.19. The molecule has 0 aliphatic carbocycles. The Morgan fingerprint density at radius 3 is 2.80 bits per heavy atom. The van der Waals surface area contributed by atoms with Gasteiger partial charge in [0.05, 0.1) is 6.61 Å². The Kier molecular flexibility index (Phi) is 4.07. The van der Waals surface area contributed by atoms with Crippen LogP contribution in [0, 0.1) is 0 Å². The van der Waals surface area contributed by atoms with Gasteiger partial charge in [0.2, 0.25) is 0 Å². The molecule has 1 saturated heterocycles. The lowest BCUT2D eigenvalue weighted by molar-refractivity contribution is -0.144. The predicted molar refractivity (Wildman–Crippen MR) is 57.0 cm³/mol.